The smallest absolute Gasteiger partial charge is 0.137 e. The summed E-state index contributed by atoms with van der Waals surface area (Å²) < 4.78 is 5.30. The van der Waals surface area contributed by atoms with Gasteiger partial charge in [0.1, 0.15) is 5.75 Å². The highest BCUT2D eigenvalue weighted by Gasteiger charge is 1.89. The van der Waals surface area contributed by atoms with Gasteiger partial charge in [-0.1, -0.05) is 0 Å². The van der Waals surface area contributed by atoms with Crippen molar-refractivity contribution in [1.29, 1.82) is 0 Å². The van der Waals surface area contributed by atoms with Crippen LogP contribution in [0.5, 0.6) is 5.75 Å². The molecular formula is C8H12N2O. The molecule has 2 N–H and O–H groups in total. The third-order valence-electron chi connectivity index (χ3n) is 1.25. The van der Waals surface area contributed by atoms with Crippen LogP contribution in [0.15, 0.2) is 24.5 Å². The summed E-state index contributed by atoms with van der Waals surface area (Å²) in [6, 6.07) is 3.72. The monoisotopic (exact) mass is 152 g/mol. The van der Waals surface area contributed by atoms with Gasteiger partial charge in [0.2, 0.25) is 0 Å². The van der Waals surface area contributed by atoms with Crippen LogP contribution in [0.2, 0.25) is 0 Å². The lowest BCUT2D eigenvalue weighted by Crippen LogP contribution is -2.05. The van der Waals surface area contributed by atoms with Crippen LogP contribution in [-0.2, 0) is 0 Å². The van der Waals surface area contributed by atoms with Crippen molar-refractivity contribution in [3.63, 3.8) is 0 Å². The maximum absolute atomic E-state index is 5.30. The maximum atomic E-state index is 5.30. The summed E-state index contributed by atoms with van der Waals surface area (Å²) in [5.41, 5.74) is 5.30. The molecule has 1 rings (SSSR count). The van der Waals surface area contributed by atoms with Gasteiger partial charge in [-0.05, 0) is 25.1 Å². The number of rotatable bonds is 4. The molecule has 1 aromatic heterocycles. The molecule has 0 atom stereocenters. The second kappa shape index (κ2) is 4.68. The van der Waals surface area contributed by atoms with E-state index in [-0.39, 0.29) is 0 Å². The van der Waals surface area contributed by atoms with Crippen LogP contribution in [0.25, 0.3) is 0 Å². The summed E-state index contributed by atoms with van der Waals surface area (Å²) in [6.45, 7) is 1.34. The van der Waals surface area contributed by atoms with E-state index in [0.717, 1.165) is 12.2 Å². The SMILES string of the molecule is NCCCOc1cccnc1. The first kappa shape index (κ1) is 8.01. The van der Waals surface area contributed by atoms with E-state index in [1.54, 1.807) is 12.4 Å². The van der Waals surface area contributed by atoms with Gasteiger partial charge in [0.05, 0.1) is 12.8 Å². The third kappa shape index (κ3) is 3.00. The first-order valence-corrected chi connectivity index (χ1v) is 3.66. The van der Waals surface area contributed by atoms with Gasteiger partial charge >= 0.3 is 0 Å². The first-order valence-electron chi connectivity index (χ1n) is 3.66. The Balaban J connectivity index is 2.28. The molecule has 0 unspecified atom stereocenters. The topological polar surface area (TPSA) is 48.1 Å². The van der Waals surface area contributed by atoms with Crippen molar-refractivity contribution in [2.24, 2.45) is 5.73 Å². The zero-order valence-electron chi connectivity index (χ0n) is 6.36. The van der Waals surface area contributed by atoms with Gasteiger partial charge in [-0.25, -0.2) is 0 Å². The molecule has 0 aliphatic heterocycles. The molecule has 3 heteroatoms. The highest BCUT2D eigenvalue weighted by atomic mass is 16.5. The molecule has 0 fully saturated rings. The fourth-order valence-electron chi connectivity index (χ4n) is 0.706. The number of hydrogen-bond donors (Lipinski definition) is 1. The number of ether oxygens (including phenoxy) is 1. The van der Waals surface area contributed by atoms with E-state index >= 15 is 0 Å². The number of hydrogen-bond acceptors (Lipinski definition) is 3. The number of pyridine rings is 1. The summed E-state index contributed by atoms with van der Waals surface area (Å²) in [5.74, 6) is 0.806. The molecule has 0 aliphatic rings. The van der Waals surface area contributed by atoms with E-state index in [9.17, 15) is 0 Å². The van der Waals surface area contributed by atoms with Crippen molar-refractivity contribution in [1.82, 2.24) is 4.98 Å². The molecule has 0 bridgehead atoms. The van der Waals surface area contributed by atoms with Crippen LogP contribution in [-0.4, -0.2) is 18.1 Å². The number of nitrogens with two attached hydrogens (primary N) is 1. The van der Waals surface area contributed by atoms with E-state index < -0.39 is 0 Å². The van der Waals surface area contributed by atoms with Crippen LogP contribution in [0.3, 0.4) is 0 Å². The highest BCUT2D eigenvalue weighted by Crippen LogP contribution is 2.05. The molecule has 0 aromatic carbocycles. The molecule has 0 saturated heterocycles. The van der Waals surface area contributed by atoms with Crippen molar-refractivity contribution in [2.45, 2.75) is 6.42 Å². The second-order valence-electron chi connectivity index (χ2n) is 2.18. The predicted molar refractivity (Wildman–Crippen MR) is 43.4 cm³/mol. The Morgan fingerprint density at radius 3 is 3.09 bits per heavy atom. The molecular weight excluding hydrogens is 140 g/mol. The van der Waals surface area contributed by atoms with Crippen molar-refractivity contribution in [3.8, 4) is 5.75 Å². The minimum Gasteiger partial charge on any atom is -0.492 e. The Hall–Kier alpha value is -1.09. The van der Waals surface area contributed by atoms with E-state index in [1.165, 1.54) is 0 Å². The van der Waals surface area contributed by atoms with Gasteiger partial charge in [0.15, 0.2) is 0 Å². The van der Waals surface area contributed by atoms with E-state index in [4.69, 9.17) is 10.5 Å². The summed E-state index contributed by atoms with van der Waals surface area (Å²) in [4.78, 5) is 3.91. The molecule has 0 radical (unpaired) electrons. The van der Waals surface area contributed by atoms with Gasteiger partial charge in [0.25, 0.3) is 0 Å². The number of aromatic nitrogens is 1. The van der Waals surface area contributed by atoms with Crippen LogP contribution >= 0.6 is 0 Å². The minimum absolute atomic E-state index is 0.667. The molecule has 0 saturated carbocycles. The normalized spacial score (nSPS) is 9.55. The Bertz CT molecular complexity index is 189. The Morgan fingerprint density at radius 2 is 2.45 bits per heavy atom. The predicted octanol–water partition coefficient (Wildman–Crippen LogP) is 0.809. The Morgan fingerprint density at radius 1 is 1.55 bits per heavy atom. The molecule has 60 valence electrons. The lowest BCUT2D eigenvalue weighted by atomic mass is 10.4. The summed E-state index contributed by atoms with van der Waals surface area (Å²) >= 11 is 0. The maximum Gasteiger partial charge on any atom is 0.137 e. The van der Waals surface area contributed by atoms with E-state index in [0.29, 0.717) is 13.2 Å². The molecule has 1 heterocycles. The lowest BCUT2D eigenvalue weighted by Gasteiger charge is -2.02. The summed E-state index contributed by atoms with van der Waals surface area (Å²) in [7, 11) is 0. The standard InChI is InChI=1S/C8H12N2O/c9-4-2-6-11-8-3-1-5-10-7-8/h1,3,5,7H,2,4,6,9H2. The fraction of sp³-hybridized carbons (Fsp3) is 0.375. The molecule has 11 heavy (non-hydrogen) atoms. The van der Waals surface area contributed by atoms with E-state index in [2.05, 4.69) is 4.98 Å². The Labute approximate surface area is 66.2 Å². The molecule has 1 aromatic rings. The molecule has 3 nitrogen and oxygen atoms in total. The van der Waals surface area contributed by atoms with Crippen molar-refractivity contribution in [2.75, 3.05) is 13.2 Å². The largest absolute Gasteiger partial charge is 0.492 e. The number of nitrogens with zero attached hydrogens (tertiary/aromatic N) is 1. The van der Waals surface area contributed by atoms with Gasteiger partial charge < -0.3 is 10.5 Å². The average Bonchev–Trinajstić information content (AvgIpc) is 2.07. The lowest BCUT2D eigenvalue weighted by molar-refractivity contribution is 0.312. The molecule has 0 amide bonds. The van der Waals surface area contributed by atoms with Crippen LogP contribution < -0.4 is 10.5 Å². The zero-order valence-corrected chi connectivity index (χ0v) is 6.36. The zero-order chi connectivity index (χ0) is 7.94. The second-order valence-corrected chi connectivity index (χ2v) is 2.18. The van der Waals surface area contributed by atoms with Crippen LogP contribution in [0, 0.1) is 0 Å². The molecule has 0 spiro atoms. The van der Waals surface area contributed by atoms with Crippen LogP contribution in [0.4, 0.5) is 0 Å². The van der Waals surface area contributed by atoms with Gasteiger partial charge in [-0.15, -0.1) is 0 Å². The third-order valence-corrected chi connectivity index (χ3v) is 1.25. The van der Waals surface area contributed by atoms with E-state index in [1.807, 2.05) is 12.1 Å². The van der Waals surface area contributed by atoms with Gasteiger partial charge in [-0.2, -0.15) is 0 Å². The summed E-state index contributed by atoms with van der Waals surface area (Å²) in [5, 5.41) is 0. The van der Waals surface area contributed by atoms with Gasteiger partial charge in [0, 0.05) is 6.20 Å². The average molecular weight is 152 g/mol. The minimum atomic E-state index is 0.667. The highest BCUT2D eigenvalue weighted by molar-refractivity contribution is 5.15. The van der Waals surface area contributed by atoms with Gasteiger partial charge in [-0.3, -0.25) is 4.98 Å². The van der Waals surface area contributed by atoms with Crippen molar-refractivity contribution < 1.29 is 4.74 Å². The van der Waals surface area contributed by atoms with Crippen molar-refractivity contribution in [3.05, 3.63) is 24.5 Å². The summed E-state index contributed by atoms with van der Waals surface area (Å²) in [6.07, 6.45) is 4.29. The first-order chi connectivity index (χ1) is 5.43. The van der Waals surface area contributed by atoms with Crippen molar-refractivity contribution >= 4 is 0 Å². The quantitative estimate of drug-likeness (QED) is 0.649. The van der Waals surface area contributed by atoms with Crippen LogP contribution in [0.1, 0.15) is 6.42 Å². The molecule has 0 aliphatic carbocycles. The Kier molecular flexibility index (Phi) is 3.41. The fourth-order valence-corrected chi connectivity index (χ4v) is 0.706.